The number of nitrogens with zero attached hydrogens (tertiary/aromatic N) is 7. The number of nitrogens with one attached hydrogen (secondary N) is 1. The number of aliphatic carboxylic acids is 1. The number of Topliss-reactive ketones (excluding diaryl/α,β-unsaturated/α-hetero) is 2. The molecule has 0 fully saturated rings. The molecule has 232 valence electrons. The Morgan fingerprint density at radius 3 is 2.10 bits per heavy atom. The van der Waals surface area contributed by atoms with Gasteiger partial charge in [-0.25, -0.2) is 0 Å². The van der Waals surface area contributed by atoms with E-state index in [1.54, 1.807) is 42.1 Å². The molecule has 0 saturated carbocycles. The zero-order valence-electron chi connectivity index (χ0n) is 24.9. The maximum absolute atomic E-state index is 13.2. The number of likely N-dealkylation sites (N-methyl/N-ethyl adjacent to an activating group) is 2. The van der Waals surface area contributed by atoms with Crippen LogP contribution in [-0.2, 0) is 19.2 Å². The highest BCUT2D eigenvalue weighted by Crippen LogP contribution is 2.11. The zero-order valence-corrected chi connectivity index (χ0v) is 24.9. The van der Waals surface area contributed by atoms with Gasteiger partial charge in [0, 0.05) is 58.3 Å². The number of ketones is 2. The minimum atomic E-state index is -0.989. The Bertz CT molecular complexity index is 1280. The van der Waals surface area contributed by atoms with Gasteiger partial charge in [-0.2, -0.15) is 0 Å². The normalized spacial score (nSPS) is 11.4. The maximum atomic E-state index is 13.2. The summed E-state index contributed by atoms with van der Waals surface area (Å²) in [6.45, 7) is 5.85. The second kappa shape index (κ2) is 17.1. The van der Waals surface area contributed by atoms with Crippen LogP contribution < -0.4 is 9.86 Å². The number of hydrogen-bond donors (Lipinski definition) is 3. The van der Waals surface area contributed by atoms with Crippen molar-refractivity contribution in [1.82, 2.24) is 29.4 Å². The fraction of sp³-hybridized carbons (Fsp3) is 0.593. The molecular formula is C27H43N8O7+. The van der Waals surface area contributed by atoms with Crippen LogP contribution in [0.5, 0.6) is 0 Å². The van der Waals surface area contributed by atoms with Crippen molar-refractivity contribution in [1.29, 1.82) is 0 Å². The largest absolute Gasteiger partial charge is 0.480 e. The first-order valence-electron chi connectivity index (χ1n) is 13.8. The van der Waals surface area contributed by atoms with Crippen LogP contribution in [0.2, 0.25) is 0 Å². The number of carbonyl (C=O) groups is 4. The minimum absolute atomic E-state index is 0.00610. The Hall–Kier alpha value is -3.95. The van der Waals surface area contributed by atoms with Crippen LogP contribution in [0, 0.1) is 4.91 Å². The summed E-state index contributed by atoms with van der Waals surface area (Å²) in [6, 6.07) is 6.46. The number of carboxylic acids is 1. The summed E-state index contributed by atoms with van der Waals surface area (Å²) in [6.07, 6.45) is 0.529. The highest BCUT2D eigenvalue weighted by molar-refractivity contribution is 5.78. The third kappa shape index (κ3) is 11.9. The molecule has 0 radical (unpaired) electrons. The van der Waals surface area contributed by atoms with E-state index in [-0.39, 0.29) is 73.6 Å². The number of aromatic nitrogens is 3. The molecular weight excluding hydrogens is 548 g/mol. The number of rotatable bonds is 20. The van der Waals surface area contributed by atoms with Crippen molar-refractivity contribution in [3.8, 4) is 0 Å². The van der Waals surface area contributed by atoms with E-state index >= 15 is 0 Å². The van der Waals surface area contributed by atoms with Crippen LogP contribution in [0.1, 0.15) is 26.7 Å². The third-order valence-corrected chi connectivity index (χ3v) is 6.49. The fourth-order valence-electron chi connectivity index (χ4n) is 4.42. The molecule has 1 aromatic heterocycles. The summed E-state index contributed by atoms with van der Waals surface area (Å²) >= 11 is 0. The molecule has 1 aromatic carbocycles. The Morgan fingerprint density at radius 1 is 0.905 bits per heavy atom. The lowest BCUT2D eigenvalue weighted by Gasteiger charge is -2.29. The molecule has 0 saturated heterocycles. The quantitative estimate of drug-likeness (QED) is 0.104. The van der Waals surface area contributed by atoms with E-state index in [1.807, 2.05) is 9.80 Å². The molecule has 42 heavy (non-hydrogen) atoms. The molecule has 2 aromatic rings. The van der Waals surface area contributed by atoms with Crippen molar-refractivity contribution in [2.45, 2.75) is 26.7 Å². The molecule has 15 heteroatoms. The lowest BCUT2D eigenvalue weighted by atomic mass is 10.2. The van der Waals surface area contributed by atoms with Crippen LogP contribution in [-0.4, -0.2) is 143 Å². The SMILES string of the molecule is CC(=O)CN(C)CCN(CCN(CCN(C)CC(C)=O)C(=O)CCCNc1n[n+](=O)c2ccccc2n1O)CC(=O)O. The van der Waals surface area contributed by atoms with Crippen molar-refractivity contribution in [2.24, 2.45) is 0 Å². The average Bonchev–Trinajstić information content (AvgIpc) is 2.91. The van der Waals surface area contributed by atoms with Gasteiger partial charge in [0.2, 0.25) is 5.91 Å². The van der Waals surface area contributed by atoms with Gasteiger partial charge in [-0.15, -0.1) is 4.73 Å². The van der Waals surface area contributed by atoms with E-state index in [2.05, 4.69) is 10.4 Å². The Labute approximate surface area is 244 Å². The number of fused-ring (bicyclic) bond motifs is 1. The highest BCUT2D eigenvalue weighted by atomic mass is 16.5. The van der Waals surface area contributed by atoms with Gasteiger partial charge >= 0.3 is 17.4 Å². The summed E-state index contributed by atoms with van der Waals surface area (Å²) in [7, 11) is 3.58. The second-order valence-electron chi connectivity index (χ2n) is 10.5. The number of benzene rings is 1. The summed E-state index contributed by atoms with van der Waals surface area (Å²) in [5.41, 5.74) is 0.480. The van der Waals surface area contributed by atoms with Crippen molar-refractivity contribution < 1.29 is 34.0 Å². The summed E-state index contributed by atoms with van der Waals surface area (Å²) in [5, 5.41) is 26.5. The van der Waals surface area contributed by atoms with E-state index < -0.39 is 5.97 Å². The van der Waals surface area contributed by atoms with Crippen LogP contribution in [0.25, 0.3) is 11.0 Å². The topological polar surface area (TPSA) is 175 Å². The predicted molar refractivity (Wildman–Crippen MR) is 155 cm³/mol. The number of hydrogen-bond acceptors (Lipinski definition) is 11. The smallest absolute Gasteiger partial charge is 0.322 e. The van der Waals surface area contributed by atoms with Gasteiger partial charge in [0.1, 0.15) is 11.6 Å². The van der Waals surface area contributed by atoms with E-state index in [9.17, 15) is 34.4 Å². The molecule has 0 unspecified atom stereocenters. The third-order valence-electron chi connectivity index (χ3n) is 6.49. The van der Waals surface area contributed by atoms with Gasteiger partial charge in [-0.05, 0) is 40.4 Å². The molecule has 0 aliphatic rings. The van der Waals surface area contributed by atoms with Crippen LogP contribution >= 0.6 is 0 Å². The fourth-order valence-corrected chi connectivity index (χ4v) is 4.42. The first kappa shape index (κ1) is 34.3. The molecule has 0 spiro atoms. The van der Waals surface area contributed by atoms with E-state index in [1.165, 1.54) is 19.9 Å². The minimum Gasteiger partial charge on any atom is -0.480 e. The monoisotopic (exact) mass is 591 g/mol. The van der Waals surface area contributed by atoms with Crippen molar-refractivity contribution in [3.63, 3.8) is 0 Å². The average molecular weight is 592 g/mol. The number of amides is 1. The molecule has 3 N–H and O–H groups in total. The van der Waals surface area contributed by atoms with Gasteiger partial charge in [-0.1, -0.05) is 12.1 Å². The first-order valence-corrected chi connectivity index (χ1v) is 13.8. The van der Waals surface area contributed by atoms with Crippen molar-refractivity contribution >= 4 is 40.4 Å². The standard InChI is InChI=1S/C27H42N8O7/c1-21(36)18-30(3)12-14-32(20-26(39)40)15-17-33(16-13-31(4)19-22(2)37)25(38)10-7-11-28-27-29-35(42)24-9-6-5-8-23(24)34(27)41/h5-6,8-9,41H,7,10-20H2,1-4H3,(H-,28,29,39,40,42)/p+1. The molecule has 0 atom stereocenters. The van der Waals surface area contributed by atoms with Gasteiger partial charge in [0.05, 0.1) is 29.6 Å². The predicted octanol–water partition coefficient (Wildman–Crippen LogP) is -0.363. The van der Waals surface area contributed by atoms with Crippen LogP contribution in [0.4, 0.5) is 5.95 Å². The number of carbonyl (C=O) groups excluding carboxylic acids is 3. The van der Waals surface area contributed by atoms with Gasteiger partial charge in [0.25, 0.3) is 0 Å². The molecule has 15 nitrogen and oxygen atoms in total. The second-order valence-corrected chi connectivity index (χ2v) is 10.5. The van der Waals surface area contributed by atoms with Crippen LogP contribution in [0.15, 0.2) is 24.3 Å². The molecule has 1 amide bonds. The molecule has 0 bridgehead atoms. The zero-order chi connectivity index (χ0) is 31.2. The lowest BCUT2D eigenvalue weighted by molar-refractivity contribution is -0.535. The molecule has 0 aliphatic heterocycles. The number of carboxylic acid groups (broad SMARTS) is 1. The highest BCUT2D eigenvalue weighted by Gasteiger charge is 2.19. The summed E-state index contributed by atoms with van der Waals surface area (Å²) < 4.78 is 1.20. The van der Waals surface area contributed by atoms with E-state index in [0.29, 0.717) is 43.7 Å². The van der Waals surface area contributed by atoms with Crippen LogP contribution in [0.3, 0.4) is 0 Å². The van der Waals surface area contributed by atoms with Gasteiger partial charge in [0.15, 0.2) is 10.1 Å². The maximum Gasteiger partial charge on any atom is 0.322 e. The lowest BCUT2D eigenvalue weighted by Crippen LogP contribution is -2.45. The Kier molecular flexibility index (Phi) is 14.0. The number of para-hydroxylation sites is 2. The Balaban J connectivity index is 2.00. The summed E-state index contributed by atoms with van der Waals surface area (Å²) in [4.78, 5) is 66.7. The van der Waals surface area contributed by atoms with Crippen molar-refractivity contribution in [2.75, 3.05) is 84.9 Å². The summed E-state index contributed by atoms with van der Waals surface area (Å²) in [5.74, 6) is -1.18. The van der Waals surface area contributed by atoms with E-state index in [4.69, 9.17) is 0 Å². The van der Waals surface area contributed by atoms with Gasteiger partial charge < -0.3 is 20.5 Å². The van der Waals surface area contributed by atoms with Gasteiger partial charge in [-0.3, -0.25) is 33.9 Å². The Morgan fingerprint density at radius 2 is 1.48 bits per heavy atom. The molecule has 2 rings (SSSR count). The van der Waals surface area contributed by atoms with E-state index in [0.717, 1.165) is 4.73 Å². The number of anilines is 1. The van der Waals surface area contributed by atoms with Crippen molar-refractivity contribution in [3.05, 3.63) is 29.2 Å². The first-order chi connectivity index (χ1) is 19.9. The molecule has 1 heterocycles. The molecule has 0 aliphatic carbocycles.